The summed E-state index contributed by atoms with van der Waals surface area (Å²) in [7, 11) is 1.67. The van der Waals surface area contributed by atoms with Crippen molar-refractivity contribution in [1.82, 2.24) is 3.97 Å². The van der Waals surface area contributed by atoms with Crippen LogP contribution in [0.1, 0.15) is 0 Å². The highest BCUT2D eigenvalue weighted by Crippen LogP contribution is 2.45. The second kappa shape index (κ2) is 8.27. The lowest BCUT2D eigenvalue weighted by molar-refractivity contribution is 0.356. The Kier molecular flexibility index (Phi) is 5.79. The second-order valence-electron chi connectivity index (χ2n) is 6.77. The summed E-state index contributed by atoms with van der Waals surface area (Å²) in [6.07, 6.45) is 0. The lowest BCUT2D eigenvalue weighted by Gasteiger charge is -2.15. The monoisotopic (exact) mass is 495 g/mol. The molecular formula is C22H19Cl2NO6S. The van der Waals surface area contributed by atoms with Gasteiger partial charge in [0.05, 0.1) is 39.0 Å². The Labute approximate surface area is 195 Å². The van der Waals surface area contributed by atoms with Crippen molar-refractivity contribution in [3.8, 4) is 23.0 Å². The molecule has 0 spiro atoms. The fraction of sp³-hybridized carbons (Fsp3) is 0.182. The highest BCUT2D eigenvalue weighted by Gasteiger charge is 2.30. The van der Waals surface area contributed by atoms with Crippen molar-refractivity contribution in [2.45, 2.75) is 4.90 Å². The molecule has 32 heavy (non-hydrogen) atoms. The average Bonchev–Trinajstić information content (AvgIpc) is 3.12. The van der Waals surface area contributed by atoms with Crippen LogP contribution in [0.2, 0.25) is 10.0 Å². The largest absolute Gasteiger partial charge is 0.493 e. The molecule has 168 valence electrons. The van der Waals surface area contributed by atoms with Crippen LogP contribution in [0, 0.1) is 0 Å². The zero-order valence-electron chi connectivity index (χ0n) is 17.6. The molecule has 0 radical (unpaired) electrons. The molecule has 1 aromatic heterocycles. The number of halogens is 2. The molecule has 4 aromatic rings. The number of hydrogen-bond donors (Lipinski definition) is 0. The van der Waals surface area contributed by atoms with Crippen molar-refractivity contribution >= 4 is 55.0 Å². The van der Waals surface area contributed by atoms with E-state index in [1.165, 1.54) is 50.6 Å². The molecule has 0 aliphatic heterocycles. The first-order valence-corrected chi connectivity index (χ1v) is 11.5. The third kappa shape index (κ3) is 3.30. The Morgan fingerprint density at radius 2 is 1.41 bits per heavy atom. The number of rotatable bonds is 6. The smallest absolute Gasteiger partial charge is 0.270 e. The molecule has 0 N–H and O–H groups in total. The van der Waals surface area contributed by atoms with Gasteiger partial charge in [0.2, 0.25) is 0 Å². The first-order valence-electron chi connectivity index (χ1n) is 9.30. The number of fused-ring (bicyclic) bond motifs is 3. The van der Waals surface area contributed by atoms with Gasteiger partial charge >= 0.3 is 0 Å². The van der Waals surface area contributed by atoms with Gasteiger partial charge in [0.1, 0.15) is 10.4 Å². The molecule has 0 saturated heterocycles. The number of hydrogen-bond acceptors (Lipinski definition) is 6. The predicted molar refractivity (Wildman–Crippen MR) is 125 cm³/mol. The number of nitrogens with zero attached hydrogens (tertiary/aromatic N) is 1. The fourth-order valence-electron chi connectivity index (χ4n) is 3.72. The van der Waals surface area contributed by atoms with Crippen LogP contribution >= 0.6 is 23.2 Å². The SMILES string of the molecule is COc1cc2c3ccc(OC)c(OC)c3n(S(=O)(=O)c3cc(Cl)ccc3Cl)c2cc1OC. The van der Waals surface area contributed by atoms with Crippen LogP contribution in [0.4, 0.5) is 0 Å². The lowest BCUT2D eigenvalue weighted by Crippen LogP contribution is -2.14. The van der Waals surface area contributed by atoms with Gasteiger partial charge in [-0.1, -0.05) is 23.2 Å². The minimum absolute atomic E-state index is 0.0340. The summed E-state index contributed by atoms with van der Waals surface area (Å²) < 4.78 is 51.0. The van der Waals surface area contributed by atoms with Crippen molar-refractivity contribution in [3.05, 3.63) is 52.5 Å². The average molecular weight is 496 g/mol. The Morgan fingerprint density at radius 3 is 2.03 bits per heavy atom. The molecule has 0 bridgehead atoms. The zero-order valence-corrected chi connectivity index (χ0v) is 19.9. The first-order chi connectivity index (χ1) is 15.3. The maximum atomic E-state index is 14.0. The molecule has 7 nitrogen and oxygen atoms in total. The van der Waals surface area contributed by atoms with E-state index in [0.29, 0.717) is 33.5 Å². The topological polar surface area (TPSA) is 76.0 Å². The molecule has 0 aliphatic rings. The van der Waals surface area contributed by atoms with Crippen LogP contribution < -0.4 is 18.9 Å². The minimum atomic E-state index is -4.24. The minimum Gasteiger partial charge on any atom is -0.493 e. The summed E-state index contributed by atoms with van der Waals surface area (Å²) >= 11 is 12.4. The molecule has 10 heteroatoms. The summed E-state index contributed by atoms with van der Waals surface area (Å²) in [6, 6.07) is 11.0. The Morgan fingerprint density at radius 1 is 0.750 bits per heavy atom. The second-order valence-corrected chi connectivity index (χ2v) is 9.36. The Hall–Kier alpha value is -2.81. The Bertz CT molecular complexity index is 1460. The van der Waals surface area contributed by atoms with Crippen LogP contribution in [0.15, 0.2) is 47.4 Å². The van der Waals surface area contributed by atoms with E-state index in [1.54, 1.807) is 24.3 Å². The van der Waals surface area contributed by atoms with Gasteiger partial charge in [-0.05, 0) is 36.4 Å². The van der Waals surface area contributed by atoms with Crippen molar-refractivity contribution in [2.75, 3.05) is 28.4 Å². The van der Waals surface area contributed by atoms with Crippen molar-refractivity contribution < 1.29 is 27.4 Å². The summed E-state index contributed by atoms with van der Waals surface area (Å²) in [4.78, 5) is -0.148. The molecule has 0 aliphatic carbocycles. The highest BCUT2D eigenvalue weighted by molar-refractivity contribution is 7.90. The molecule has 0 amide bonds. The molecule has 0 fully saturated rings. The molecular weight excluding hydrogens is 477 g/mol. The van der Waals surface area contributed by atoms with Crippen molar-refractivity contribution in [2.24, 2.45) is 0 Å². The van der Waals surface area contributed by atoms with Gasteiger partial charge in [0.25, 0.3) is 10.0 Å². The van der Waals surface area contributed by atoms with Crippen molar-refractivity contribution in [3.63, 3.8) is 0 Å². The summed E-state index contributed by atoms with van der Waals surface area (Å²) in [5, 5.41) is 1.49. The molecule has 1 heterocycles. The van der Waals surface area contributed by atoms with Crippen LogP contribution in [0.5, 0.6) is 23.0 Å². The van der Waals surface area contributed by atoms with Crippen LogP contribution in [-0.2, 0) is 10.0 Å². The van der Waals surface area contributed by atoms with Crippen LogP contribution in [0.3, 0.4) is 0 Å². The van der Waals surface area contributed by atoms with E-state index in [4.69, 9.17) is 42.1 Å². The normalized spacial score (nSPS) is 11.7. The standard InChI is InChI=1S/C22H19Cl2NO6S/c1-28-17-8-6-13-14-10-18(29-2)19(30-3)11-16(14)25(21(13)22(17)31-4)32(26,27)20-9-12(23)5-7-15(20)24/h5-11H,1-4H3. The number of aromatic nitrogens is 1. The predicted octanol–water partition coefficient (Wildman–Crippen LogP) is 5.37. The third-order valence-corrected chi connectivity index (χ3v) is 7.58. The summed E-state index contributed by atoms with van der Waals surface area (Å²) in [6.45, 7) is 0. The van der Waals surface area contributed by atoms with Gasteiger partial charge in [0.15, 0.2) is 23.0 Å². The summed E-state index contributed by atoms with van der Waals surface area (Å²) in [5.41, 5.74) is 0.633. The fourth-order valence-corrected chi connectivity index (χ4v) is 5.99. The zero-order chi connectivity index (χ0) is 23.2. The maximum absolute atomic E-state index is 14.0. The molecule has 0 saturated carbocycles. The van der Waals surface area contributed by atoms with E-state index in [0.717, 1.165) is 0 Å². The van der Waals surface area contributed by atoms with E-state index in [9.17, 15) is 8.42 Å². The Balaban J connectivity index is 2.27. The maximum Gasteiger partial charge on any atom is 0.270 e. The van der Waals surface area contributed by atoms with Crippen LogP contribution in [0.25, 0.3) is 21.8 Å². The number of methoxy groups -OCH3 is 4. The highest BCUT2D eigenvalue weighted by atomic mass is 35.5. The quantitative estimate of drug-likeness (QED) is 0.357. The van der Waals surface area contributed by atoms with Gasteiger partial charge < -0.3 is 18.9 Å². The van der Waals surface area contributed by atoms with E-state index in [1.807, 2.05) is 0 Å². The number of benzene rings is 3. The van der Waals surface area contributed by atoms with Crippen LogP contribution in [-0.4, -0.2) is 40.8 Å². The van der Waals surface area contributed by atoms with Crippen molar-refractivity contribution in [1.29, 1.82) is 0 Å². The summed E-state index contributed by atoms with van der Waals surface area (Å²) in [5.74, 6) is 1.44. The van der Waals surface area contributed by atoms with Gasteiger partial charge in [-0.15, -0.1) is 0 Å². The lowest BCUT2D eigenvalue weighted by atomic mass is 10.1. The first kappa shape index (κ1) is 22.4. The van der Waals surface area contributed by atoms with E-state index < -0.39 is 10.0 Å². The van der Waals surface area contributed by atoms with Gasteiger partial charge in [0, 0.05) is 21.9 Å². The van der Waals surface area contributed by atoms with Gasteiger partial charge in [-0.25, -0.2) is 12.4 Å². The molecule has 0 atom stereocenters. The van der Waals surface area contributed by atoms with E-state index in [2.05, 4.69) is 0 Å². The van der Waals surface area contributed by atoms with E-state index in [-0.39, 0.29) is 26.2 Å². The number of ether oxygens (including phenoxy) is 4. The molecule has 0 unspecified atom stereocenters. The van der Waals surface area contributed by atoms with Gasteiger partial charge in [-0.3, -0.25) is 0 Å². The molecule has 3 aromatic carbocycles. The third-order valence-electron chi connectivity index (χ3n) is 5.14. The molecule has 4 rings (SSSR count). The van der Waals surface area contributed by atoms with E-state index >= 15 is 0 Å². The van der Waals surface area contributed by atoms with Gasteiger partial charge in [-0.2, -0.15) is 0 Å².